The highest BCUT2D eigenvalue weighted by atomic mass is 35.5. The Bertz CT molecular complexity index is 1080. The molecule has 2 unspecified atom stereocenters. The minimum absolute atomic E-state index is 0.190. The minimum Gasteiger partial charge on any atom is -0.470 e. The highest BCUT2D eigenvalue weighted by Crippen LogP contribution is 2.43. The topological polar surface area (TPSA) is 75.0 Å². The maximum Gasteiger partial charge on any atom is 0.328 e. The first-order valence-electron chi connectivity index (χ1n) is 8.06. The van der Waals surface area contributed by atoms with E-state index in [9.17, 15) is 9.59 Å². The molecule has 132 valence electrons. The van der Waals surface area contributed by atoms with E-state index >= 15 is 0 Å². The minimum atomic E-state index is -0.602. The van der Waals surface area contributed by atoms with E-state index in [1.807, 2.05) is 36.4 Å². The average molecular weight is 389 g/mol. The first-order valence-corrected chi connectivity index (χ1v) is 8.81. The predicted octanol–water partition coefficient (Wildman–Crippen LogP) is 4.03. The first kappa shape index (κ1) is 16.9. The molecule has 0 saturated carbocycles. The summed E-state index contributed by atoms with van der Waals surface area (Å²) in [6, 6.07) is 14.9. The number of nitrogens with one attached hydrogen (secondary N) is 2. The summed E-state index contributed by atoms with van der Waals surface area (Å²) in [4.78, 5) is 29.0. The van der Waals surface area contributed by atoms with Crippen molar-refractivity contribution >= 4 is 23.2 Å². The molecule has 0 fully saturated rings. The number of benzene rings is 2. The van der Waals surface area contributed by atoms with Crippen LogP contribution in [0, 0.1) is 0 Å². The Morgan fingerprint density at radius 1 is 0.923 bits per heavy atom. The Kier molecular flexibility index (Phi) is 4.34. The van der Waals surface area contributed by atoms with Crippen molar-refractivity contribution in [2.75, 3.05) is 0 Å². The molecule has 0 bridgehead atoms. The summed E-state index contributed by atoms with van der Waals surface area (Å²) in [6.07, 6.45) is 0.227. The van der Waals surface area contributed by atoms with Crippen molar-refractivity contribution in [2.24, 2.45) is 0 Å². The molecule has 26 heavy (non-hydrogen) atoms. The molecular formula is C19H14Cl2N2O3. The summed E-state index contributed by atoms with van der Waals surface area (Å²) < 4.78 is 5.95. The second-order valence-corrected chi connectivity index (χ2v) is 6.94. The van der Waals surface area contributed by atoms with E-state index in [0.29, 0.717) is 22.0 Å². The first-order chi connectivity index (χ1) is 12.5. The van der Waals surface area contributed by atoms with E-state index in [1.165, 1.54) is 0 Å². The van der Waals surface area contributed by atoms with Gasteiger partial charge in [-0.15, -0.1) is 0 Å². The number of H-pyrrole nitrogens is 2. The van der Waals surface area contributed by atoms with Crippen molar-refractivity contribution in [2.45, 2.75) is 18.4 Å². The monoisotopic (exact) mass is 388 g/mol. The third kappa shape index (κ3) is 3.04. The summed E-state index contributed by atoms with van der Waals surface area (Å²) in [7, 11) is 0. The predicted molar refractivity (Wildman–Crippen MR) is 100 cm³/mol. The van der Waals surface area contributed by atoms with Gasteiger partial charge in [-0.3, -0.25) is 14.8 Å². The van der Waals surface area contributed by atoms with Gasteiger partial charge in [0.2, 0.25) is 5.88 Å². The largest absolute Gasteiger partial charge is 0.470 e. The van der Waals surface area contributed by atoms with Gasteiger partial charge in [0.15, 0.2) is 0 Å². The Balaban J connectivity index is 1.87. The van der Waals surface area contributed by atoms with Crippen LogP contribution < -0.4 is 16.0 Å². The Hall–Kier alpha value is -2.50. The highest BCUT2D eigenvalue weighted by molar-refractivity contribution is 6.42. The summed E-state index contributed by atoms with van der Waals surface area (Å²) in [5.41, 5.74) is 1.11. The summed E-state index contributed by atoms with van der Waals surface area (Å²) in [6.45, 7) is 0. The zero-order chi connectivity index (χ0) is 18.3. The van der Waals surface area contributed by atoms with Gasteiger partial charge >= 0.3 is 5.69 Å². The SMILES string of the molecule is O=c1[nH]c2c(c(=O)[nH]1)C(c1ccc(Cl)c(Cl)c1)CC(c1ccccc1)O2. The summed E-state index contributed by atoms with van der Waals surface area (Å²) in [5.74, 6) is -0.103. The zero-order valence-corrected chi connectivity index (χ0v) is 15.0. The summed E-state index contributed by atoms with van der Waals surface area (Å²) >= 11 is 12.2. The second-order valence-electron chi connectivity index (χ2n) is 6.13. The van der Waals surface area contributed by atoms with Gasteiger partial charge in [0.1, 0.15) is 6.10 Å². The van der Waals surface area contributed by atoms with Crippen LogP contribution in [0.4, 0.5) is 0 Å². The van der Waals surface area contributed by atoms with E-state index < -0.39 is 11.2 Å². The molecule has 0 amide bonds. The molecule has 0 radical (unpaired) electrons. The fourth-order valence-electron chi connectivity index (χ4n) is 3.31. The van der Waals surface area contributed by atoms with Crippen LogP contribution in [-0.4, -0.2) is 9.97 Å². The Morgan fingerprint density at radius 3 is 2.42 bits per heavy atom. The maximum absolute atomic E-state index is 12.4. The van der Waals surface area contributed by atoms with Crippen LogP contribution in [0.5, 0.6) is 5.88 Å². The number of aromatic nitrogens is 2. The van der Waals surface area contributed by atoms with Gasteiger partial charge in [-0.2, -0.15) is 0 Å². The van der Waals surface area contributed by atoms with Crippen molar-refractivity contribution in [3.63, 3.8) is 0 Å². The lowest BCUT2D eigenvalue weighted by Gasteiger charge is -2.31. The molecule has 2 atom stereocenters. The molecule has 0 spiro atoms. The lowest BCUT2D eigenvalue weighted by Crippen LogP contribution is -2.33. The molecule has 2 heterocycles. The number of hydrogen-bond acceptors (Lipinski definition) is 3. The van der Waals surface area contributed by atoms with E-state index in [1.54, 1.807) is 12.1 Å². The lowest BCUT2D eigenvalue weighted by atomic mass is 9.84. The molecule has 2 N–H and O–H groups in total. The van der Waals surface area contributed by atoms with Crippen molar-refractivity contribution in [1.82, 2.24) is 9.97 Å². The van der Waals surface area contributed by atoms with Crippen molar-refractivity contribution in [3.05, 3.63) is 96.1 Å². The van der Waals surface area contributed by atoms with Gasteiger partial charge in [-0.05, 0) is 29.7 Å². The fourth-order valence-corrected chi connectivity index (χ4v) is 3.62. The third-order valence-corrected chi connectivity index (χ3v) is 5.26. The van der Waals surface area contributed by atoms with Crippen LogP contribution in [0.15, 0.2) is 58.1 Å². The Labute approximate surface area is 158 Å². The molecule has 1 aliphatic rings. The highest BCUT2D eigenvalue weighted by Gasteiger charge is 2.33. The van der Waals surface area contributed by atoms with Crippen LogP contribution in [0.3, 0.4) is 0 Å². The van der Waals surface area contributed by atoms with Gasteiger partial charge < -0.3 is 4.74 Å². The van der Waals surface area contributed by atoms with Gasteiger partial charge in [0, 0.05) is 5.92 Å². The maximum atomic E-state index is 12.4. The third-order valence-electron chi connectivity index (χ3n) is 4.52. The molecule has 2 aromatic carbocycles. The van der Waals surface area contributed by atoms with Gasteiger partial charge in [-0.1, -0.05) is 59.6 Å². The van der Waals surface area contributed by atoms with Crippen molar-refractivity contribution < 1.29 is 4.74 Å². The quantitative estimate of drug-likeness (QED) is 0.695. The molecule has 4 rings (SSSR count). The average Bonchev–Trinajstić information content (AvgIpc) is 2.63. The van der Waals surface area contributed by atoms with Crippen LogP contribution >= 0.6 is 23.2 Å². The molecule has 0 aliphatic carbocycles. The molecule has 1 aliphatic heterocycles. The number of fused-ring (bicyclic) bond motifs is 1. The Morgan fingerprint density at radius 2 is 1.69 bits per heavy atom. The van der Waals surface area contributed by atoms with Crippen molar-refractivity contribution in [1.29, 1.82) is 0 Å². The number of ether oxygens (including phenoxy) is 1. The summed E-state index contributed by atoms with van der Waals surface area (Å²) in [5, 5.41) is 0.854. The van der Waals surface area contributed by atoms with Gasteiger partial charge in [-0.25, -0.2) is 4.79 Å². The second kappa shape index (κ2) is 6.67. The van der Waals surface area contributed by atoms with Crippen LogP contribution in [0.25, 0.3) is 0 Å². The lowest BCUT2D eigenvalue weighted by molar-refractivity contribution is 0.157. The van der Waals surface area contributed by atoms with Crippen molar-refractivity contribution in [3.8, 4) is 5.88 Å². The molecule has 1 aromatic heterocycles. The number of hydrogen-bond donors (Lipinski definition) is 2. The number of aromatic amines is 2. The van der Waals surface area contributed by atoms with Crippen LogP contribution in [0.2, 0.25) is 10.0 Å². The molecule has 3 aromatic rings. The molecule has 7 heteroatoms. The van der Waals surface area contributed by atoms with Gasteiger partial charge in [0.05, 0.1) is 15.6 Å². The zero-order valence-electron chi connectivity index (χ0n) is 13.5. The standard InChI is InChI=1S/C19H14Cl2N2O3/c20-13-7-6-11(8-14(13)21)12-9-15(10-4-2-1-3-5-10)26-18-16(12)17(24)22-19(25)23-18/h1-8,12,15H,9H2,(H2,22,23,24,25). The van der Waals surface area contributed by atoms with Crippen LogP contribution in [-0.2, 0) is 0 Å². The van der Waals surface area contributed by atoms with Gasteiger partial charge in [0.25, 0.3) is 5.56 Å². The van der Waals surface area contributed by atoms with E-state index in [4.69, 9.17) is 27.9 Å². The van der Waals surface area contributed by atoms with E-state index in [-0.39, 0.29) is 17.9 Å². The fraction of sp³-hybridized carbons (Fsp3) is 0.158. The van der Waals surface area contributed by atoms with Crippen LogP contribution in [0.1, 0.15) is 35.1 Å². The number of halogens is 2. The van der Waals surface area contributed by atoms with E-state index in [2.05, 4.69) is 9.97 Å². The van der Waals surface area contributed by atoms with E-state index in [0.717, 1.165) is 11.1 Å². The molecule has 0 saturated heterocycles. The number of rotatable bonds is 2. The molecule has 5 nitrogen and oxygen atoms in total. The molecular weight excluding hydrogens is 375 g/mol. The normalized spacial score (nSPS) is 18.8. The smallest absolute Gasteiger partial charge is 0.328 e.